The largest absolute Gasteiger partial charge is 0.293 e. The Morgan fingerprint density at radius 3 is 2.53 bits per heavy atom. The molecule has 17 heavy (non-hydrogen) atoms. The number of unbranched alkanes of at least 4 members (excludes halogenated alkanes) is 1. The zero-order valence-electron chi connectivity index (χ0n) is 9.20. The van der Waals surface area contributed by atoms with Crippen LogP contribution < -0.4 is 0 Å². The third-order valence-corrected chi connectivity index (χ3v) is 5.22. The molecular formula is C10H12Cl2O3S2. The summed E-state index contributed by atoms with van der Waals surface area (Å²) in [6.45, 7) is 1.90. The van der Waals surface area contributed by atoms with E-state index in [1.165, 1.54) is 6.07 Å². The summed E-state index contributed by atoms with van der Waals surface area (Å²) in [7, 11) is -3.35. The summed E-state index contributed by atoms with van der Waals surface area (Å²) >= 11 is 12.5. The highest BCUT2D eigenvalue weighted by molar-refractivity contribution is 7.92. The first-order valence-corrected chi connectivity index (χ1v) is 8.43. The summed E-state index contributed by atoms with van der Waals surface area (Å²) in [4.78, 5) is 11.7. The number of carbonyl (C=O) groups excluding carboxylic acids is 1. The van der Waals surface area contributed by atoms with Gasteiger partial charge in [0.15, 0.2) is 15.6 Å². The van der Waals surface area contributed by atoms with Gasteiger partial charge < -0.3 is 0 Å². The van der Waals surface area contributed by atoms with Gasteiger partial charge in [0, 0.05) is 5.56 Å². The van der Waals surface area contributed by atoms with Crippen LogP contribution in [-0.2, 0) is 9.84 Å². The van der Waals surface area contributed by atoms with E-state index >= 15 is 0 Å². The molecule has 0 saturated carbocycles. The molecule has 0 amide bonds. The van der Waals surface area contributed by atoms with Crippen LogP contribution >= 0.6 is 34.5 Å². The predicted molar refractivity (Wildman–Crippen MR) is 72.2 cm³/mol. The maximum absolute atomic E-state index is 11.7. The SMILES string of the molecule is CCCCS(=O)(=O)CC(=O)c1cc(Cl)sc1Cl. The van der Waals surface area contributed by atoms with Crippen molar-refractivity contribution in [3.63, 3.8) is 0 Å². The highest BCUT2D eigenvalue weighted by Gasteiger charge is 2.21. The summed E-state index contributed by atoms with van der Waals surface area (Å²) in [6, 6.07) is 1.41. The molecule has 96 valence electrons. The van der Waals surface area contributed by atoms with E-state index in [9.17, 15) is 13.2 Å². The van der Waals surface area contributed by atoms with Crippen LogP contribution in [0.25, 0.3) is 0 Å². The first-order chi connectivity index (χ1) is 7.85. The van der Waals surface area contributed by atoms with Gasteiger partial charge in [-0.2, -0.15) is 0 Å². The molecule has 1 aromatic rings. The first-order valence-electron chi connectivity index (χ1n) is 5.04. The van der Waals surface area contributed by atoms with Crippen molar-refractivity contribution in [3.8, 4) is 0 Å². The fraction of sp³-hybridized carbons (Fsp3) is 0.500. The lowest BCUT2D eigenvalue weighted by molar-refractivity contribution is 0.102. The topological polar surface area (TPSA) is 51.2 Å². The maximum Gasteiger partial charge on any atom is 0.180 e. The third-order valence-electron chi connectivity index (χ3n) is 2.12. The fourth-order valence-electron chi connectivity index (χ4n) is 1.24. The molecule has 0 unspecified atom stereocenters. The van der Waals surface area contributed by atoms with Gasteiger partial charge in [-0.3, -0.25) is 4.79 Å². The van der Waals surface area contributed by atoms with Gasteiger partial charge >= 0.3 is 0 Å². The standard InChI is InChI=1S/C10H12Cl2O3S2/c1-2-3-4-17(14,15)6-8(13)7-5-9(11)16-10(7)12/h5H,2-4,6H2,1H3. The van der Waals surface area contributed by atoms with Gasteiger partial charge in [-0.25, -0.2) is 8.42 Å². The minimum absolute atomic E-state index is 0.0325. The molecule has 0 aromatic carbocycles. The van der Waals surface area contributed by atoms with Crippen LogP contribution in [0.1, 0.15) is 30.1 Å². The average molecular weight is 315 g/mol. The van der Waals surface area contributed by atoms with E-state index < -0.39 is 21.4 Å². The van der Waals surface area contributed by atoms with Crippen molar-refractivity contribution in [1.29, 1.82) is 0 Å². The normalized spacial score (nSPS) is 11.7. The Labute approximate surface area is 115 Å². The number of carbonyl (C=O) groups is 1. The number of hydrogen-bond donors (Lipinski definition) is 0. The molecule has 0 spiro atoms. The first kappa shape index (κ1) is 15.0. The van der Waals surface area contributed by atoms with Crippen LogP contribution in [0, 0.1) is 0 Å². The van der Waals surface area contributed by atoms with Crippen molar-refractivity contribution < 1.29 is 13.2 Å². The van der Waals surface area contributed by atoms with E-state index in [-0.39, 0.29) is 15.7 Å². The number of halogens is 2. The smallest absolute Gasteiger partial charge is 0.180 e. The molecule has 1 aromatic heterocycles. The lowest BCUT2D eigenvalue weighted by Gasteiger charge is -2.02. The van der Waals surface area contributed by atoms with E-state index in [1.54, 1.807) is 0 Å². The summed E-state index contributed by atoms with van der Waals surface area (Å²) in [5, 5.41) is 0. The molecule has 7 heteroatoms. The number of ketones is 1. The molecular weight excluding hydrogens is 303 g/mol. The molecule has 0 N–H and O–H groups in total. The molecule has 0 aliphatic heterocycles. The minimum atomic E-state index is -3.35. The number of rotatable bonds is 6. The molecule has 0 atom stereocenters. The van der Waals surface area contributed by atoms with E-state index in [2.05, 4.69) is 0 Å². The number of sulfone groups is 1. The quantitative estimate of drug-likeness (QED) is 0.756. The van der Waals surface area contributed by atoms with Crippen LogP contribution in [0.5, 0.6) is 0 Å². The minimum Gasteiger partial charge on any atom is -0.293 e. The van der Waals surface area contributed by atoms with Gasteiger partial charge in [0.05, 0.1) is 10.1 Å². The van der Waals surface area contributed by atoms with E-state index in [1.807, 2.05) is 6.92 Å². The van der Waals surface area contributed by atoms with Crippen LogP contribution in [0.15, 0.2) is 6.07 Å². The summed E-state index contributed by atoms with van der Waals surface area (Å²) < 4.78 is 23.8. The van der Waals surface area contributed by atoms with E-state index in [4.69, 9.17) is 23.2 Å². The lowest BCUT2D eigenvalue weighted by atomic mass is 10.2. The molecule has 0 radical (unpaired) electrons. The summed E-state index contributed by atoms with van der Waals surface area (Å²) in [6.07, 6.45) is 1.34. The van der Waals surface area contributed by atoms with Crippen LogP contribution in [-0.4, -0.2) is 25.7 Å². The van der Waals surface area contributed by atoms with Crippen molar-refractivity contribution in [1.82, 2.24) is 0 Å². The third kappa shape index (κ3) is 4.58. The Kier molecular flexibility index (Phi) is 5.44. The van der Waals surface area contributed by atoms with Gasteiger partial charge in [0.1, 0.15) is 10.1 Å². The number of Topliss-reactive ketones (excluding diaryl/α,β-unsaturated/α-hetero) is 1. The highest BCUT2D eigenvalue weighted by atomic mass is 35.5. The van der Waals surface area contributed by atoms with Gasteiger partial charge in [-0.1, -0.05) is 36.5 Å². The number of thiophene rings is 1. The van der Waals surface area contributed by atoms with Gasteiger partial charge in [0.2, 0.25) is 0 Å². The van der Waals surface area contributed by atoms with Crippen LogP contribution in [0.2, 0.25) is 8.67 Å². The van der Waals surface area contributed by atoms with Crippen molar-refractivity contribution >= 4 is 50.2 Å². The monoisotopic (exact) mass is 314 g/mol. The van der Waals surface area contributed by atoms with Crippen LogP contribution in [0.4, 0.5) is 0 Å². The van der Waals surface area contributed by atoms with E-state index in [0.717, 1.165) is 17.8 Å². The Morgan fingerprint density at radius 1 is 1.41 bits per heavy atom. The van der Waals surface area contributed by atoms with Crippen molar-refractivity contribution in [2.24, 2.45) is 0 Å². The van der Waals surface area contributed by atoms with Crippen molar-refractivity contribution in [2.75, 3.05) is 11.5 Å². The molecule has 1 heterocycles. The Hall–Kier alpha value is -0.100. The fourth-order valence-corrected chi connectivity index (χ4v) is 4.17. The molecule has 0 fully saturated rings. The zero-order chi connectivity index (χ0) is 13.1. The second-order valence-corrected chi connectivity index (χ2v) is 8.08. The average Bonchev–Trinajstić information content (AvgIpc) is 2.54. The molecule has 0 aliphatic carbocycles. The zero-order valence-corrected chi connectivity index (χ0v) is 12.3. The molecule has 1 rings (SSSR count). The van der Waals surface area contributed by atoms with Gasteiger partial charge in [-0.05, 0) is 12.5 Å². The number of hydrogen-bond acceptors (Lipinski definition) is 4. The van der Waals surface area contributed by atoms with Crippen molar-refractivity contribution in [2.45, 2.75) is 19.8 Å². The van der Waals surface area contributed by atoms with Gasteiger partial charge in [-0.15, -0.1) is 11.3 Å². The summed E-state index contributed by atoms with van der Waals surface area (Å²) in [5.41, 5.74) is 0.196. The summed E-state index contributed by atoms with van der Waals surface area (Å²) in [5.74, 6) is -0.959. The second-order valence-electron chi connectivity index (χ2n) is 3.61. The highest BCUT2D eigenvalue weighted by Crippen LogP contribution is 2.31. The van der Waals surface area contributed by atoms with E-state index in [0.29, 0.717) is 10.8 Å². The molecule has 3 nitrogen and oxygen atoms in total. The Morgan fingerprint density at radius 2 is 2.06 bits per heavy atom. The lowest BCUT2D eigenvalue weighted by Crippen LogP contribution is -2.18. The maximum atomic E-state index is 11.7. The predicted octanol–water partition coefficient (Wildman–Crippen LogP) is 3.45. The van der Waals surface area contributed by atoms with Gasteiger partial charge in [0.25, 0.3) is 0 Å². The Bertz CT molecular complexity index is 506. The second kappa shape index (κ2) is 6.18. The molecule has 0 bridgehead atoms. The molecule has 0 aliphatic rings. The molecule has 0 saturated heterocycles. The van der Waals surface area contributed by atoms with Crippen molar-refractivity contribution in [3.05, 3.63) is 20.3 Å². The Balaban J connectivity index is 2.76. The van der Waals surface area contributed by atoms with Crippen LogP contribution in [0.3, 0.4) is 0 Å².